The smallest absolute Gasteiger partial charge is 0.122 e. The number of hydrogen-bond acceptors (Lipinski definition) is 2. The van der Waals surface area contributed by atoms with Gasteiger partial charge in [0.15, 0.2) is 0 Å². The van der Waals surface area contributed by atoms with Crippen LogP contribution in [0.5, 0.6) is 0 Å². The van der Waals surface area contributed by atoms with Gasteiger partial charge in [0.1, 0.15) is 5.82 Å². The summed E-state index contributed by atoms with van der Waals surface area (Å²) in [6.45, 7) is 5.33. The Kier molecular flexibility index (Phi) is 5.05. The van der Waals surface area contributed by atoms with E-state index in [-0.39, 0.29) is 0 Å². The van der Waals surface area contributed by atoms with Crippen molar-refractivity contribution in [1.82, 2.24) is 14.9 Å². The van der Waals surface area contributed by atoms with Crippen molar-refractivity contribution in [2.75, 3.05) is 6.54 Å². The van der Waals surface area contributed by atoms with E-state index in [4.69, 9.17) is 0 Å². The lowest BCUT2D eigenvalue weighted by molar-refractivity contribution is 0.448. The van der Waals surface area contributed by atoms with E-state index < -0.39 is 0 Å². The van der Waals surface area contributed by atoms with Crippen molar-refractivity contribution in [3.63, 3.8) is 0 Å². The Labute approximate surface area is 105 Å². The van der Waals surface area contributed by atoms with Crippen LogP contribution in [0.4, 0.5) is 0 Å². The van der Waals surface area contributed by atoms with Crippen molar-refractivity contribution in [2.24, 2.45) is 5.92 Å². The van der Waals surface area contributed by atoms with Crippen molar-refractivity contribution >= 4 is 0 Å². The molecular weight excluding hydrogens is 210 g/mol. The van der Waals surface area contributed by atoms with Crippen molar-refractivity contribution in [1.29, 1.82) is 0 Å². The zero-order valence-electron chi connectivity index (χ0n) is 11.0. The first kappa shape index (κ1) is 12.6. The molecule has 3 nitrogen and oxygen atoms in total. The number of aromatic nitrogens is 2. The SMILES string of the molecule is CCCNCc1nccn1CCC1CCCC1. The van der Waals surface area contributed by atoms with Gasteiger partial charge in [-0.3, -0.25) is 0 Å². The Morgan fingerprint density at radius 1 is 1.41 bits per heavy atom. The van der Waals surface area contributed by atoms with E-state index in [1.807, 2.05) is 6.20 Å². The zero-order chi connectivity index (χ0) is 11.9. The minimum atomic E-state index is 0.908. The Bertz CT molecular complexity index is 313. The highest BCUT2D eigenvalue weighted by molar-refractivity contribution is 4.92. The van der Waals surface area contributed by atoms with Crippen LogP contribution in [0.1, 0.15) is 51.3 Å². The van der Waals surface area contributed by atoms with Crippen LogP contribution in [0.3, 0.4) is 0 Å². The predicted molar refractivity (Wildman–Crippen MR) is 70.8 cm³/mol. The highest BCUT2D eigenvalue weighted by atomic mass is 15.1. The maximum absolute atomic E-state index is 4.43. The second-order valence-electron chi connectivity index (χ2n) is 5.15. The normalized spacial score (nSPS) is 16.8. The van der Waals surface area contributed by atoms with Crippen LogP contribution >= 0.6 is 0 Å². The summed E-state index contributed by atoms with van der Waals surface area (Å²) in [4.78, 5) is 4.43. The van der Waals surface area contributed by atoms with Gasteiger partial charge >= 0.3 is 0 Å². The maximum Gasteiger partial charge on any atom is 0.122 e. The molecule has 0 saturated heterocycles. The number of imidazole rings is 1. The van der Waals surface area contributed by atoms with E-state index >= 15 is 0 Å². The topological polar surface area (TPSA) is 29.9 Å². The Morgan fingerprint density at radius 3 is 3.00 bits per heavy atom. The van der Waals surface area contributed by atoms with E-state index in [2.05, 4.69) is 28.0 Å². The van der Waals surface area contributed by atoms with Crippen molar-refractivity contribution < 1.29 is 0 Å². The third-order valence-corrected chi connectivity index (χ3v) is 3.76. The van der Waals surface area contributed by atoms with Gasteiger partial charge in [0.05, 0.1) is 6.54 Å². The molecule has 0 amide bonds. The van der Waals surface area contributed by atoms with Crippen molar-refractivity contribution in [2.45, 2.75) is 58.5 Å². The minimum absolute atomic E-state index is 0.908. The number of nitrogens with zero attached hydrogens (tertiary/aromatic N) is 2. The van der Waals surface area contributed by atoms with Crippen molar-refractivity contribution in [3.05, 3.63) is 18.2 Å². The summed E-state index contributed by atoms with van der Waals surface area (Å²) in [5.41, 5.74) is 0. The lowest BCUT2D eigenvalue weighted by Crippen LogP contribution is -2.18. The van der Waals surface area contributed by atoms with Gasteiger partial charge < -0.3 is 9.88 Å². The minimum Gasteiger partial charge on any atom is -0.334 e. The number of nitrogens with one attached hydrogen (secondary N) is 1. The van der Waals surface area contributed by atoms with Gasteiger partial charge in [-0.1, -0.05) is 32.6 Å². The van der Waals surface area contributed by atoms with Crippen LogP contribution in [-0.2, 0) is 13.1 Å². The molecule has 0 spiro atoms. The average Bonchev–Trinajstić information content (AvgIpc) is 2.97. The van der Waals surface area contributed by atoms with Gasteiger partial charge in [0.25, 0.3) is 0 Å². The molecule has 0 radical (unpaired) electrons. The molecule has 1 aromatic rings. The monoisotopic (exact) mass is 235 g/mol. The summed E-state index contributed by atoms with van der Waals surface area (Å²) in [5, 5.41) is 3.42. The molecule has 3 heteroatoms. The fraction of sp³-hybridized carbons (Fsp3) is 0.786. The Hall–Kier alpha value is -0.830. The molecule has 17 heavy (non-hydrogen) atoms. The van der Waals surface area contributed by atoms with Crippen LogP contribution < -0.4 is 5.32 Å². The van der Waals surface area contributed by atoms with Crippen LogP contribution in [0.25, 0.3) is 0 Å². The third kappa shape index (κ3) is 3.84. The molecule has 1 heterocycles. The van der Waals surface area contributed by atoms with E-state index in [9.17, 15) is 0 Å². The van der Waals surface area contributed by atoms with Gasteiger partial charge in [0.2, 0.25) is 0 Å². The van der Waals surface area contributed by atoms with Crippen LogP contribution in [0, 0.1) is 5.92 Å². The summed E-state index contributed by atoms with van der Waals surface area (Å²) < 4.78 is 2.32. The fourth-order valence-corrected chi connectivity index (χ4v) is 2.71. The largest absolute Gasteiger partial charge is 0.334 e. The fourth-order valence-electron chi connectivity index (χ4n) is 2.71. The third-order valence-electron chi connectivity index (χ3n) is 3.76. The standard InChI is InChI=1S/C14H25N3/c1-2-8-15-12-14-16-9-11-17(14)10-7-13-5-3-4-6-13/h9,11,13,15H,2-8,10,12H2,1H3. The van der Waals surface area contributed by atoms with Gasteiger partial charge in [0, 0.05) is 18.9 Å². The molecule has 1 aromatic heterocycles. The summed E-state index contributed by atoms with van der Waals surface area (Å²) in [6.07, 6.45) is 12.3. The first-order valence-electron chi connectivity index (χ1n) is 7.11. The van der Waals surface area contributed by atoms with Gasteiger partial charge in [-0.05, 0) is 25.3 Å². The molecule has 0 aromatic carbocycles. The first-order chi connectivity index (χ1) is 8.40. The lowest BCUT2D eigenvalue weighted by atomic mass is 10.0. The Balaban J connectivity index is 1.76. The van der Waals surface area contributed by atoms with E-state index in [1.165, 1.54) is 44.3 Å². The highest BCUT2D eigenvalue weighted by Crippen LogP contribution is 2.27. The molecule has 0 atom stereocenters. The Morgan fingerprint density at radius 2 is 2.24 bits per heavy atom. The zero-order valence-corrected chi connectivity index (χ0v) is 11.0. The summed E-state index contributed by atoms with van der Waals surface area (Å²) in [5.74, 6) is 2.16. The summed E-state index contributed by atoms with van der Waals surface area (Å²) in [7, 11) is 0. The predicted octanol–water partition coefficient (Wildman–Crippen LogP) is 2.96. The molecule has 0 aliphatic heterocycles. The summed E-state index contributed by atoms with van der Waals surface area (Å²) >= 11 is 0. The molecular formula is C14H25N3. The molecule has 1 aliphatic carbocycles. The molecule has 2 rings (SSSR count). The van der Waals surface area contributed by atoms with Crippen LogP contribution in [0.2, 0.25) is 0 Å². The number of aryl methyl sites for hydroxylation is 1. The highest BCUT2D eigenvalue weighted by Gasteiger charge is 2.15. The quantitative estimate of drug-likeness (QED) is 0.736. The van der Waals surface area contributed by atoms with Gasteiger partial charge in [-0.15, -0.1) is 0 Å². The second-order valence-corrected chi connectivity index (χ2v) is 5.15. The van der Waals surface area contributed by atoms with Crippen LogP contribution in [-0.4, -0.2) is 16.1 Å². The molecule has 1 N–H and O–H groups in total. The second kappa shape index (κ2) is 6.80. The van der Waals surface area contributed by atoms with Gasteiger partial charge in [-0.25, -0.2) is 4.98 Å². The molecule has 1 saturated carbocycles. The molecule has 96 valence electrons. The molecule has 0 bridgehead atoms. The van der Waals surface area contributed by atoms with E-state index in [1.54, 1.807) is 0 Å². The number of rotatable bonds is 7. The number of hydrogen-bond donors (Lipinski definition) is 1. The maximum atomic E-state index is 4.43. The van der Waals surface area contributed by atoms with Gasteiger partial charge in [-0.2, -0.15) is 0 Å². The van der Waals surface area contributed by atoms with Crippen molar-refractivity contribution in [3.8, 4) is 0 Å². The first-order valence-corrected chi connectivity index (χ1v) is 7.11. The van der Waals surface area contributed by atoms with E-state index in [0.29, 0.717) is 0 Å². The summed E-state index contributed by atoms with van der Waals surface area (Å²) in [6, 6.07) is 0. The lowest BCUT2D eigenvalue weighted by Gasteiger charge is -2.12. The van der Waals surface area contributed by atoms with Crippen LogP contribution in [0.15, 0.2) is 12.4 Å². The molecule has 0 unspecified atom stereocenters. The molecule has 1 aliphatic rings. The average molecular weight is 235 g/mol. The molecule has 1 fully saturated rings. The van der Waals surface area contributed by atoms with E-state index in [0.717, 1.165) is 25.6 Å².